The van der Waals surface area contributed by atoms with Crippen LogP contribution in [0.4, 0.5) is 0 Å². The molecule has 0 aliphatic carbocycles. The molecule has 0 atom stereocenters. The molecule has 0 aromatic carbocycles. The van der Waals surface area contributed by atoms with E-state index in [9.17, 15) is 9.59 Å². The number of likely N-dealkylation sites (tertiary alicyclic amines) is 1. The van der Waals surface area contributed by atoms with Gasteiger partial charge < -0.3 is 16.0 Å². The van der Waals surface area contributed by atoms with Crippen molar-refractivity contribution in [3.05, 3.63) is 0 Å². The van der Waals surface area contributed by atoms with Crippen LogP contribution < -0.4 is 16.0 Å². The molecule has 0 radical (unpaired) electrons. The summed E-state index contributed by atoms with van der Waals surface area (Å²) >= 11 is 0. The molecule has 1 saturated heterocycles. The number of amides is 2. The first kappa shape index (κ1) is 13.9. The zero-order chi connectivity index (χ0) is 12.7. The highest BCUT2D eigenvalue weighted by atomic mass is 16.2. The average molecular weight is 242 g/mol. The molecule has 17 heavy (non-hydrogen) atoms. The maximum absolute atomic E-state index is 11.4. The second-order valence-electron chi connectivity index (χ2n) is 4.32. The predicted molar refractivity (Wildman–Crippen MR) is 65.6 cm³/mol. The molecule has 98 valence electrons. The highest BCUT2D eigenvalue weighted by Gasteiger charge is 2.21. The molecule has 1 heterocycles. The number of rotatable bonds is 5. The van der Waals surface area contributed by atoms with Crippen molar-refractivity contribution >= 4 is 11.8 Å². The quantitative estimate of drug-likeness (QED) is 0.550. The summed E-state index contributed by atoms with van der Waals surface area (Å²) in [5, 5.41) is 8.42. The number of nitrogens with zero attached hydrogens (tertiary/aromatic N) is 1. The molecule has 0 bridgehead atoms. The van der Waals surface area contributed by atoms with Crippen molar-refractivity contribution in [1.29, 1.82) is 0 Å². The molecule has 0 unspecified atom stereocenters. The highest BCUT2D eigenvalue weighted by molar-refractivity contribution is 5.78. The van der Waals surface area contributed by atoms with Crippen molar-refractivity contribution in [2.45, 2.75) is 18.9 Å². The van der Waals surface area contributed by atoms with Crippen LogP contribution in [0.2, 0.25) is 0 Å². The van der Waals surface area contributed by atoms with Crippen LogP contribution in [0.5, 0.6) is 0 Å². The van der Waals surface area contributed by atoms with Gasteiger partial charge in [-0.3, -0.25) is 14.5 Å². The third-order valence-corrected chi connectivity index (χ3v) is 2.94. The maximum atomic E-state index is 11.4. The lowest BCUT2D eigenvalue weighted by Gasteiger charge is -2.31. The molecule has 0 saturated carbocycles. The molecule has 2 amide bonds. The fourth-order valence-electron chi connectivity index (χ4n) is 1.96. The Kier molecular flexibility index (Phi) is 5.93. The molecule has 6 nitrogen and oxygen atoms in total. The highest BCUT2D eigenvalue weighted by Crippen LogP contribution is 2.09. The summed E-state index contributed by atoms with van der Waals surface area (Å²) in [7, 11) is 3.40. The number of carbonyl (C=O) groups excluding carboxylic acids is 2. The molecule has 1 fully saturated rings. The van der Waals surface area contributed by atoms with Gasteiger partial charge in [-0.15, -0.1) is 0 Å². The minimum Gasteiger partial charge on any atom is -0.358 e. The Morgan fingerprint density at radius 2 is 1.82 bits per heavy atom. The lowest BCUT2D eigenvalue weighted by Crippen LogP contribution is -2.48. The van der Waals surface area contributed by atoms with Gasteiger partial charge in [-0.05, 0) is 19.9 Å². The summed E-state index contributed by atoms with van der Waals surface area (Å²) in [4.78, 5) is 24.7. The number of hydrogen-bond donors (Lipinski definition) is 3. The van der Waals surface area contributed by atoms with Gasteiger partial charge in [0.1, 0.15) is 0 Å². The fourth-order valence-corrected chi connectivity index (χ4v) is 1.96. The molecule has 0 spiro atoms. The van der Waals surface area contributed by atoms with Gasteiger partial charge in [0.05, 0.1) is 13.1 Å². The number of piperidine rings is 1. The van der Waals surface area contributed by atoms with E-state index in [2.05, 4.69) is 20.9 Å². The summed E-state index contributed by atoms with van der Waals surface area (Å²) in [6.07, 6.45) is 1.82. The number of hydrogen-bond acceptors (Lipinski definition) is 4. The van der Waals surface area contributed by atoms with Crippen LogP contribution in [-0.4, -0.2) is 63.0 Å². The SMILES string of the molecule is CNCC(=O)NC1CCN(CC(=O)NC)CC1. The lowest BCUT2D eigenvalue weighted by atomic mass is 10.1. The van der Waals surface area contributed by atoms with E-state index in [1.54, 1.807) is 14.1 Å². The van der Waals surface area contributed by atoms with Crippen LogP contribution in [0, 0.1) is 0 Å². The molecule has 1 rings (SSSR count). The Labute approximate surface area is 102 Å². The average Bonchev–Trinajstić information content (AvgIpc) is 2.32. The topological polar surface area (TPSA) is 73.5 Å². The van der Waals surface area contributed by atoms with Crippen LogP contribution in [0.1, 0.15) is 12.8 Å². The van der Waals surface area contributed by atoms with E-state index in [1.807, 2.05) is 0 Å². The predicted octanol–water partition coefficient (Wildman–Crippen LogP) is -1.47. The second kappa shape index (κ2) is 7.24. The van der Waals surface area contributed by atoms with Gasteiger partial charge in [-0.2, -0.15) is 0 Å². The van der Waals surface area contributed by atoms with Gasteiger partial charge in [0, 0.05) is 26.2 Å². The molecular weight excluding hydrogens is 220 g/mol. The summed E-state index contributed by atoms with van der Waals surface area (Å²) in [6, 6.07) is 0.247. The molecular formula is C11H22N4O2. The van der Waals surface area contributed by atoms with E-state index in [0.29, 0.717) is 13.1 Å². The van der Waals surface area contributed by atoms with E-state index in [4.69, 9.17) is 0 Å². The smallest absolute Gasteiger partial charge is 0.234 e. The van der Waals surface area contributed by atoms with E-state index < -0.39 is 0 Å². The van der Waals surface area contributed by atoms with Crippen LogP contribution in [-0.2, 0) is 9.59 Å². The van der Waals surface area contributed by atoms with Crippen molar-refractivity contribution in [1.82, 2.24) is 20.9 Å². The molecule has 3 N–H and O–H groups in total. The van der Waals surface area contributed by atoms with Gasteiger partial charge in [0.2, 0.25) is 11.8 Å². The summed E-state index contributed by atoms with van der Waals surface area (Å²) in [5.41, 5.74) is 0. The Hall–Kier alpha value is -1.14. The third-order valence-electron chi connectivity index (χ3n) is 2.94. The standard InChI is InChI=1S/C11H22N4O2/c1-12-7-10(16)14-9-3-5-15(6-4-9)8-11(17)13-2/h9,12H,3-8H2,1-2H3,(H,13,17)(H,14,16). The molecule has 1 aliphatic heterocycles. The number of carbonyl (C=O) groups is 2. The van der Waals surface area contributed by atoms with E-state index >= 15 is 0 Å². The number of likely N-dealkylation sites (N-methyl/N-ethyl adjacent to an activating group) is 2. The Morgan fingerprint density at radius 1 is 1.18 bits per heavy atom. The number of nitrogens with one attached hydrogen (secondary N) is 3. The minimum atomic E-state index is 0.0391. The van der Waals surface area contributed by atoms with E-state index in [-0.39, 0.29) is 17.9 Å². The molecule has 1 aliphatic rings. The first-order chi connectivity index (χ1) is 8.15. The van der Waals surface area contributed by atoms with Gasteiger partial charge in [0.25, 0.3) is 0 Å². The van der Waals surface area contributed by atoms with Crippen molar-refractivity contribution in [3.63, 3.8) is 0 Å². The normalized spacial score (nSPS) is 17.8. The fraction of sp³-hybridized carbons (Fsp3) is 0.818. The van der Waals surface area contributed by atoms with Crippen molar-refractivity contribution in [2.24, 2.45) is 0 Å². The summed E-state index contributed by atoms with van der Waals surface area (Å²) in [6.45, 7) is 2.53. The molecule has 0 aromatic heterocycles. The Morgan fingerprint density at radius 3 is 2.35 bits per heavy atom. The van der Waals surface area contributed by atoms with Gasteiger partial charge in [0.15, 0.2) is 0 Å². The zero-order valence-corrected chi connectivity index (χ0v) is 10.6. The minimum absolute atomic E-state index is 0.0391. The van der Waals surface area contributed by atoms with Crippen molar-refractivity contribution in [2.75, 3.05) is 40.3 Å². The summed E-state index contributed by atoms with van der Waals surface area (Å²) < 4.78 is 0. The van der Waals surface area contributed by atoms with Gasteiger partial charge in [-0.1, -0.05) is 0 Å². The maximum Gasteiger partial charge on any atom is 0.234 e. The van der Waals surface area contributed by atoms with Crippen LogP contribution >= 0.6 is 0 Å². The Balaban J connectivity index is 2.21. The third kappa shape index (κ3) is 5.14. The monoisotopic (exact) mass is 242 g/mol. The van der Waals surface area contributed by atoms with Crippen molar-refractivity contribution in [3.8, 4) is 0 Å². The lowest BCUT2D eigenvalue weighted by molar-refractivity contribution is -0.123. The largest absolute Gasteiger partial charge is 0.358 e. The second-order valence-corrected chi connectivity index (χ2v) is 4.32. The molecule has 0 aromatic rings. The van der Waals surface area contributed by atoms with Gasteiger partial charge in [-0.25, -0.2) is 0 Å². The van der Waals surface area contributed by atoms with Crippen LogP contribution in [0.25, 0.3) is 0 Å². The van der Waals surface area contributed by atoms with E-state index in [1.165, 1.54) is 0 Å². The zero-order valence-electron chi connectivity index (χ0n) is 10.6. The van der Waals surface area contributed by atoms with Crippen LogP contribution in [0.3, 0.4) is 0 Å². The van der Waals surface area contributed by atoms with E-state index in [0.717, 1.165) is 25.9 Å². The first-order valence-corrected chi connectivity index (χ1v) is 6.02. The van der Waals surface area contributed by atoms with Crippen LogP contribution in [0.15, 0.2) is 0 Å². The van der Waals surface area contributed by atoms with Gasteiger partial charge >= 0.3 is 0 Å². The van der Waals surface area contributed by atoms with Crippen molar-refractivity contribution < 1.29 is 9.59 Å². The molecule has 6 heteroatoms. The first-order valence-electron chi connectivity index (χ1n) is 6.02. The summed E-state index contributed by atoms with van der Waals surface area (Å²) in [5.74, 6) is 0.0833. The Bertz CT molecular complexity index is 262.